The number of nitrogens with one attached hydrogen (secondary N) is 1. The molecule has 35 heavy (non-hydrogen) atoms. The summed E-state index contributed by atoms with van der Waals surface area (Å²) in [5.74, 6) is 0.423. The van der Waals surface area contributed by atoms with Crippen LogP contribution in [0.4, 0.5) is 5.69 Å². The van der Waals surface area contributed by atoms with Gasteiger partial charge < -0.3 is 14.8 Å². The van der Waals surface area contributed by atoms with E-state index in [9.17, 15) is 10.1 Å². The van der Waals surface area contributed by atoms with Crippen molar-refractivity contribution in [1.82, 2.24) is 0 Å². The lowest BCUT2D eigenvalue weighted by atomic mass is 10.1. The van der Waals surface area contributed by atoms with Gasteiger partial charge in [-0.1, -0.05) is 71.7 Å². The van der Waals surface area contributed by atoms with Gasteiger partial charge in [0.05, 0.1) is 17.8 Å². The van der Waals surface area contributed by atoms with Crippen molar-refractivity contribution in [3.8, 4) is 17.6 Å². The summed E-state index contributed by atoms with van der Waals surface area (Å²) >= 11 is 12.1. The highest BCUT2D eigenvalue weighted by atomic mass is 35.5. The van der Waals surface area contributed by atoms with E-state index in [0.717, 1.165) is 16.3 Å². The number of ether oxygens (including phenoxy) is 2. The molecule has 0 bridgehead atoms. The van der Waals surface area contributed by atoms with E-state index >= 15 is 0 Å². The summed E-state index contributed by atoms with van der Waals surface area (Å²) in [6.07, 6.45) is 1.47. The van der Waals surface area contributed by atoms with Gasteiger partial charge in [-0.05, 0) is 58.3 Å². The molecule has 7 heteroatoms. The number of nitriles is 1. The zero-order valence-corrected chi connectivity index (χ0v) is 20.2. The smallest absolute Gasteiger partial charge is 0.266 e. The molecule has 0 fully saturated rings. The van der Waals surface area contributed by atoms with Crippen molar-refractivity contribution >= 4 is 51.6 Å². The molecule has 0 aliphatic carbocycles. The number of hydrogen-bond acceptors (Lipinski definition) is 4. The molecule has 0 spiro atoms. The number of carbonyl (C=O) groups is 1. The van der Waals surface area contributed by atoms with Gasteiger partial charge in [0.1, 0.15) is 18.2 Å². The zero-order chi connectivity index (χ0) is 24.8. The van der Waals surface area contributed by atoms with Crippen LogP contribution in [0, 0.1) is 11.3 Å². The first-order chi connectivity index (χ1) is 17.0. The Balaban J connectivity index is 1.57. The van der Waals surface area contributed by atoms with Crippen molar-refractivity contribution in [2.75, 3.05) is 12.4 Å². The minimum Gasteiger partial charge on any atom is -0.493 e. The van der Waals surface area contributed by atoms with Crippen LogP contribution in [0.1, 0.15) is 11.1 Å². The van der Waals surface area contributed by atoms with Crippen LogP contribution in [0.15, 0.2) is 84.4 Å². The largest absolute Gasteiger partial charge is 0.493 e. The lowest BCUT2D eigenvalue weighted by molar-refractivity contribution is -0.112. The number of benzene rings is 4. The molecule has 4 aromatic carbocycles. The molecule has 1 amide bonds. The van der Waals surface area contributed by atoms with Gasteiger partial charge in [-0.25, -0.2) is 0 Å². The van der Waals surface area contributed by atoms with Crippen molar-refractivity contribution in [2.45, 2.75) is 6.61 Å². The highest BCUT2D eigenvalue weighted by Crippen LogP contribution is 2.31. The molecule has 0 aliphatic rings. The summed E-state index contributed by atoms with van der Waals surface area (Å²) in [6, 6.07) is 25.9. The minimum absolute atomic E-state index is 0.105. The Bertz CT molecular complexity index is 1470. The van der Waals surface area contributed by atoms with Gasteiger partial charge in [0, 0.05) is 5.02 Å². The van der Waals surface area contributed by atoms with Crippen molar-refractivity contribution in [3.63, 3.8) is 0 Å². The van der Waals surface area contributed by atoms with Crippen LogP contribution >= 0.6 is 23.2 Å². The van der Waals surface area contributed by atoms with Crippen LogP contribution in [-0.2, 0) is 11.4 Å². The SMILES string of the molecule is COc1ccc(/C=C(\C#N)C(=O)Nc2cc(Cl)ccc2Cl)cc1OCc1cccc2ccccc12. The first kappa shape index (κ1) is 24.2. The van der Waals surface area contributed by atoms with E-state index < -0.39 is 5.91 Å². The summed E-state index contributed by atoms with van der Waals surface area (Å²) in [4.78, 5) is 12.7. The Labute approximate surface area is 213 Å². The van der Waals surface area contributed by atoms with E-state index in [4.69, 9.17) is 32.7 Å². The summed E-state index contributed by atoms with van der Waals surface area (Å²) in [5.41, 5.74) is 1.84. The molecule has 0 radical (unpaired) electrons. The predicted molar refractivity (Wildman–Crippen MR) is 140 cm³/mol. The van der Waals surface area contributed by atoms with Crippen LogP contribution in [-0.4, -0.2) is 13.0 Å². The second-order valence-electron chi connectivity index (χ2n) is 7.59. The first-order valence-corrected chi connectivity index (χ1v) is 11.4. The van der Waals surface area contributed by atoms with Gasteiger partial charge in [-0.15, -0.1) is 0 Å². The molecule has 174 valence electrons. The van der Waals surface area contributed by atoms with Gasteiger partial charge >= 0.3 is 0 Å². The number of nitrogens with zero attached hydrogens (tertiary/aromatic N) is 1. The summed E-state index contributed by atoms with van der Waals surface area (Å²) in [6.45, 7) is 0.323. The Morgan fingerprint density at radius 2 is 1.80 bits per heavy atom. The predicted octanol–water partition coefficient (Wildman–Crippen LogP) is 7.28. The van der Waals surface area contributed by atoms with Crippen molar-refractivity contribution in [3.05, 3.63) is 106 Å². The number of carbonyl (C=O) groups excluding carboxylic acids is 1. The quantitative estimate of drug-likeness (QED) is 0.213. The molecule has 4 aromatic rings. The van der Waals surface area contributed by atoms with Crippen molar-refractivity contribution in [1.29, 1.82) is 5.26 Å². The molecule has 4 rings (SSSR count). The van der Waals surface area contributed by atoms with E-state index in [-0.39, 0.29) is 5.57 Å². The molecule has 0 saturated carbocycles. The van der Waals surface area contributed by atoms with E-state index in [1.54, 1.807) is 37.4 Å². The Kier molecular flexibility index (Phi) is 7.57. The lowest BCUT2D eigenvalue weighted by Crippen LogP contribution is -2.13. The second-order valence-corrected chi connectivity index (χ2v) is 8.43. The van der Waals surface area contributed by atoms with Gasteiger partial charge in [0.25, 0.3) is 5.91 Å². The van der Waals surface area contributed by atoms with Crippen LogP contribution in [0.25, 0.3) is 16.8 Å². The molecule has 0 aliphatic heterocycles. The fourth-order valence-corrected chi connectivity index (χ4v) is 3.90. The third-order valence-electron chi connectivity index (χ3n) is 5.30. The number of amides is 1. The van der Waals surface area contributed by atoms with E-state index in [2.05, 4.69) is 17.4 Å². The summed E-state index contributed by atoms with van der Waals surface area (Å²) in [5, 5.41) is 15.2. The zero-order valence-electron chi connectivity index (χ0n) is 18.7. The Morgan fingerprint density at radius 3 is 2.60 bits per heavy atom. The van der Waals surface area contributed by atoms with Crippen LogP contribution in [0.5, 0.6) is 11.5 Å². The van der Waals surface area contributed by atoms with E-state index in [0.29, 0.717) is 39.4 Å². The molecule has 5 nitrogen and oxygen atoms in total. The molecule has 1 N–H and O–H groups in total. The number of methoxy groups -OCH3 is 1. The number of rotatable bonds is 7. The standard InChI is InChI=1S/C28H20Cl2N2O3/c1-34-26-12-9-18(13-21(16-31)28(33)32-25-15-22(29)10-11-24(25)30)14-27(26)35-17-20-7-4-6-19-5-2-3-8-23(19)20/h2-15H,17H2,1H3,(H,32,33)/b21-13+. The summed E-state index contributed by atoms with van der Waals surface area (Å²) < 4.78 is 11.5. The summed E-state index contributed by atoms with van der Waals surface area (Å²) in [7, 11) is 1.55. The highest BCUT2D eigenvalue weighted by molar-refractivity contribution is 6.36. The molecule has 0 heterocycles. The normalized spacial score (nSPS) is 11.1. The molecular formula is C28H20Cl2N2O3. The number of anilines is 1. The second kappa shape index (κ2) is 11.0. The molecule has 0 unspecified atom stereocenters. The first-order valence-electron chi connectivity index (χ1n) is 10.6. The number of fused-ring (bicyclic) bond motifs is 1. The average molecular weight is 503 g/mol. The number of hydrogen-bond donors (Lipinski definition) is 1. The maximum absolute atomic E-state index is 12.7. The molecule has 0 saturated heterocycles. The van der Waals surface area contributed by atoms with Crippen LogP contribution in [0.3, 0.4) is 0 Å². The number of halogens is 2. The minimum atomic E-state index is -0.606. The van der Waals surface area contributed by atoms with Crippen LogP contribution < -0.4 is 14.8 Å². The third-order valence-corrected chi connectivity index (χ3v) is 5.87. The van der Waals surface area contributed by atoms with Gasteiger partial charge in [0.2, 0.25) is 0 Å². The van der Waals surface area contributed by atoms with Gasteiger partial charge in [-0.3, -0.25) is 4.79 Å². The Morgan fingerprint density at radius 1 is 1.00 bits per heavy atom. The fourth-order valence-electron chi connectivity index (χ4n) is 3.57. The van der Waals surface area contributed by atoms with E-state index in [1.807, 2.05) is 36.4 Å². The molecule has 0 aromatic heterocycles. The fraction of sp³-hybridized carbons (Fsp3) is 0.0714. The maximum atomic E-state index is 12.7. The Hall–Kier alpha value is -3.98. The maximum Gasteiger partial charge on any atom is 0.266 e. The monoisotopic (exact) mass is 502 g/mol. The van der Waals surface area contributed by atoms with Crippen molar-refractivity contribution in [2.24, 2.45) is 0 Å². The van der Waals surface area contributed by atoms with Gasteiger partial charge in [-0.2, -0.15) is 5.26 Å². The molecular weight excluding hydrogens is 483 g/mol. The molecule has 0 atom stereocenters. The average Bonchev–Trinajstić information content (AvgIpc) is 2.88. The lowest BCUT2D eigenvalue weighted by Gasteiger charge is -2.13. The van der Waals surface area contributed by atoms with Gasteiger partial charge in [0.15, 0.2) is 11.5 Å². The van der Waals surface area contributed by atoms with Crippen LogP contribution in [0.2, 0.25) is 10.0 Å². The third kappa shape index (κ3) is 5.75. The van der Waals surface area contributed by atoms with E-state index in [1.165, 1.54) is 12.1 Å². The highest BCUT2D eigenvalue weighted by Gasteiger charge is 2.13. The van der Waals surface area contributed by atoms with Crippen molar-refractivity contribution < 1.29 is 14.3 Å². The topological polar surface area (TPSA) is 71.3 Å².